The fourth-order valence-electron chi connectivity index (χ4n) is 3.46. The van der Waals surface area contributed by atoms with Gasteiger partial charge in [-0.2, -0.15) is 4.31 Å². The van der Waals surface area contributed by atoms with Crippen LogP contribution in [0.1, 0.15) is 21.7 Å². The zero-order valence-electron chi connectivity index (χ0n) is 16.7. The number of piperazine rings is 1. The summed E-state index contributed by atoms with van der Waals surface area (Å²) in [6.45, 7) is 5.38. The lowest BCUT2D eigenvalue weighted by molar-refractivity contribution is -0.385. The molecule has 1 aliphatic heterocycles. The summed E-state index contributed by atoms with van der Waals surface area (Å²) in [5.74, 6) is 0.0150. The zero-order chi connectivity index (χ0) is 21.3. The van der Waals surface area contributed by atoms with Crippen LogP contribution in [0.5, 0.6) is 0 Å². The highest BCUT2D eigenvalue weighted by atomic mass is 32.2. The van der Waals surface area contributed by atoms with Crippen LogP contribution >= 0.6 is 0 Å². The number of carbonyl (C=O) groups is 1. The van der Waals surface area contributed by atoms with Crippen molar-refractivity contribution >= 4 is 21.5 Å². The fraction of sp³-hybridized carbons (Fsp3) is 0.421. The van der Waals surface area contributed by atoms with Gasteiger partial charge in [-0.3, -0.25) is 19.8 Å². The summed E-state index contributed by atoms with van der Waals surface area (Å²) in [5, 5.41) is 10.9. The third-order valence-corrected chi connectivity index (χ3v) is 7.33. The van der Waals surface area contributed by atoms with Crippen molar-refractivity contribution in [2.75, 3.05) is 32.7 Å². The van der Waals surface area contributed by atoms with Crippen LogP contribution in [0.25, 0.3) is 0 Å². The molecule has 0 unspecified atom stereocenters. The van der Waals surface area contributed by atoms with Crippen LogP contribution in [0.15, 0.2) is 35.2 Å². The van der Waals surface area contributed by atoms with Gasteiger partial charge in [0.25, 0.3) is 5.69 Å². The van der Waals surface area contributed by atoms with Crippen molar-refractivity contribution in [1.29, 1.82) is 0 Å². The number of nitro groups is 1. The third-order valence-electron chi connectivity index (χ3n) is 5.44. The molecule has 1 aromatic carbocycles. The second kappa shape index (κ2) is 8.05. The molecule has 1 saturated heterocycles. The summed E-state index contributed by atoms with van der Waals surface area (Å²) in [4.78, 5) is 24.8. The number of nitrogens with zero attached hydrogens (tertiary/aromatic N) is 4. The second-order valence-electron chi connectivity index (χ2n) is 7.20. The third kappa shape index (κ3) is 4.24. The maximum absolute atomic E-state index is 12.8. The van der Waals surface area contributed by atoms with Gasteiger partial charge in [0, 0.05) is 62.3 Å². The number of carbonyl (C=O) groups excluding carboxylic acids is 1. The molecule has 1 aliphatic rings. The number of hydrogen-bond acceptors (Lipinski definition) is 6. The summed E-state index contributed by atoms with van der Waals surface area (Å²) in [7, 11) is -1.90. The van der Waals surface area contributed by atoms with E-state index in [1.54, 1.807) is 0 Å². The molecule has 2 aromatic rings. The Hall–Kier alpha value is -2.56. The van der Waals surface area contributed by atoms with E-state index in [0.717, 1.165) is 17.5 Å². The maximum Gasteiger partial charge on any atom is 0.270 e. The van der Waals surface area contributed by atoms with Crippen molar-refractivity contribution in [3.8, 4) is 0 Å². The number of Topliss-reactive ketones (excluding diaryl/α,β-unsaturated/α-hetero) is 1. The highest BCUT2D eigenvalue weighted by Crippen LogP contribution is 2.22. The van der Waals surface area contributed by atoms with Crippen LogP contribution in [0, 0.1) is 24.0 Å². The Labute approximate surface area is 169 Å². The van der Waals surface area contributed by atoms with Crippen molar-refractivity contribution in [2.45, 2.75) is 18.7 Å². The van der Waals surface area contributed by atoms with Gasteiger partial charge in [-0.05, 0) is 26.0 Å². The molecule has 0 bridgehead atoms. The predicted octanol–water partition coefficient (Wildman–Crippen LogP) is 1.74. The highest BCUT2D eigenvalue weighted by molar-refractivity contribution is 7.89. The number of non-ortho nitro benzene ring substituents is 1. The topological polar surface area (TPSA) is 106 Å². The lowest BCUT2D eigenvalue weighted by atomic mass is 10.1. The molecule has 9 nitrogen and oxygen atoms in total. The largest absolute Gasteiger partial charge is 0.351 e. The van der Waals surface area contributed by atoms with E-state index in [9.17, 15) is 23.3 Å². The van der Waals surface area contributed by atoms with Crippen LogP contribution in [0.3, 0.4) is 0 Å². The summed E-state index contributed by atoms with van der Waals surface area (Å²) < 4.78 is 28.9. The number of sulfonamides is 1. The van der Waals surface area contributed by atoms with Gasteiger partial charge in [-0.1, -0.05) is 6.07 Å². The molecule has 29 heavy (non-hydrogen) atoms. The molecule has 1 aromatic heterocycles. The molecule has 0 spiro atoms. The number of benzene rings is 1. The minimum absolute atomic E-state index is 0.0150. The minimum atomic E-state index is -3.82. The molecule has 10 heteroatoms. The van der Waals surface area contributed by atoms with E-state index in [0.29, 0.717) is 18.7 Å². The quantitative estimate of drug-likeness (QED) is 0.400. The van der Waals surface area contributed by atoms with Crippen molar-refractivity contribution in [2.24, 2.45) is 7.05 Å². The first-order valence-corrected chi connectivity index (χ1v) is 10.7. The predicted molar refractivity (Wildman–Crippen MR) is 108 cm³/mol. The van der Waals surface area contributed by atoms with Crippen LogP contribution in [-0.2, 0) is 17.1 Å². The van der Waals surface area contributed by atoms with Crippen molar-refractivity contribution in [3.05, 3.63) is 57.4 Å². The van der Waals surface area contributed by atoms with Crippen LogP contribution in [0.2, 0.25) is 0 Å². The fourth-order valence-corrected chi connectivity index (χ4v) is 4.92. The molecular formula is C19H24N4O5S. The molecule has 1 fully saturated rings. The molecule has 0 atom stereocenters. The number of ketones is 1. The molecular weight excluding hydrogens is 396 g/mol. The summed E-state index contributed by atoms with van der Waals surface area (Å²) in [6.07, 6.45) is 0. The van der Waals surface area contributed by atoms with Gasteiger partial charge < -0.3 is 4.57 Å². The van der Waals surface area contributed by atoms with Crippen LogP contribution in [-0.4, -0.2) is 65.6 Å². The molecule has 0 amide bonds. The van der Waals surface area contributed by atoms with Gasteiger partial charge in [0.15, 0.2) is 5.78 Å². The Kier molecular flexibility index (Phi) is 5.87. The van der Waals surface area contributed by atoms with E-state index >= 15 is 0 Å². The van der Waals surface area contributed by atoms with E-state index in [1.165, 1.54) is 22.5 Å². The van der Waals surface area contributed by atoms with Crippen molar-refractivity contribution in [1.82, 2.24) is 13.8 Å². The Morgan fingerprint density at radius 2 is 1.79 bits per heavy atom. The molecule has 156 valence electrons. The molecule has 3 rings (SSSR count). The van der Waals surface area contributed by atoms with Gasteiger partial charge in [-0.15, -0.1) is 0 Å². The lowest BCUT2D eigenvalue weighted by Crippen LogP contribution is -2.49. The number of nitro benzene ring substituents is 1. The van der Waals surface area contributed by atoms with Crippen LogP contribution in [0.4, 0.5) is 5.69 Å². The number of aromatic nitrogens is 1. The first kappa shape index (κ1) is 21.2. The standard InChI is InChI=1S/C19H24N4O5S/c1-14-11-18(15(2)20(14)3)19(24)13-21-7-9-22(10-8-21)29(27,28)17-6-4-5-16(12-17)23(25)26/h4-6,11-12H,7-10,13H2,1-3H3. The van der Waals surface area contributed by atoms with Crippen molar-refractivity contribution in [3.63, 3.8) is 0 Å². The van der Waals surface area contributed by atoms with Crippen molar-refractivity contribution < 1.29 is 18.1 Å². The number of hydrogen-bond donors (Lipinski definition) is 0. The summed E-state index contributed by atoms with van der Waals surface area (Å²) >= 11 is 0. The van der Waals surface area contributed by atoms with E-state index in [4.69, 9.17) is 0 Å². The monoisotopic (exact) mass is 420 g/mol. The maximum atomic E-state index is 12.8. The Bertz CT molecular complexity index is 1050. The average Bonchev–Trinajstić information content (AvgIpc) is 2.96. The smallest absolute Gasteiger partial charge is 0.270 e. The van der Waals surface area contributed by atoms with E-state index in [-0.39, 0.29) is 36.0 Å². The average molecular weight is 420 g/mol. The summed E-state index contributed by atoms with van der Waals surface area (Å²) in [5.41, 5.74) is 2.36. The Morgan fingerprint density at radius 1 is 1.14 bits per heavy atom. The molecule has 2 heterocycles. The van der Waals surface area contributed by atoms with Gasteiger partial charge in [0.1, 0.15) is 0 Å². The normalized spacial score (nSPS) is 16.1. The van der Waals surface area contributed by atoms with E-state index < -0.39 is 14.9 Å². The van der Waals surface area contributed by atoms with E-state index in [2.05, 4.69) is 0 Å². The highest BCUT2D eigenvalue weighted by Gasteiger charge is 2.30. The molecule has 0 N–H and O–H groups in total. The molecule has 0 saturated carbocycles. The number of aryl methyl sites for hydroxylation is 1. The minimum Gasteiger partial charge on any atom is -0.351 e. The first-order chi connectivity index (χ1) is 13.6. The zero-order valence-corrected chi connectivity index (χ0v) is 17.5. The molecule has 0 radical (unpaired) electrons. The van der Waals surface area contributed by atoms with Gasteiger partial charge >= 0.3 is 0 Å². The van der Waals surface area contributed by atoms with Gasteiger partial charge in [0.2, 0.25) is 10.0 Å². The van der Waals surface area contributed by atoms with Gasteiger partial charge in [-0.25, -0.2) is 8.42 Å². The Morgan fingerprint density at radius 3 is 2.34 bits per heavy atom. The van der Waals surface area contributed by atoms with E-state index in [1.807, 2.05) is 36.4 Å². The summed E-state index contributed by atoms with van der Waals surface area (Å²) in [6, 6.07) is 6.94. The second-order valence-corrected chi connectivity index (χ2v) is 9.14. The lowest BCUT2D eigenvalue weighted by Gasteiger charge is -2.33. The SMILES string of the molecule is Cc1cc(C(=O)CN2CCN(S(=O)(=O)c3cccc([N+](=O)[O-])c3)CC2)c(C)n1C. The van der Waals surface area contributed by atoms with Crippen LogP contribution < -0.4 is 0 Å². The molecule has 0 aliphatic carbocycles. The number of rotatable bonds is 6. The first-order valence-electron chi connectivity index (χ1n) is 9.24. The Balaban J connectivity index is 1.65. The van der Waals surface area contributed by atoms with Gasteiger partial charge in [0.05, 0.1) is 16.4 Å².